The number of hydrogen-bond donors (Lipinski definition) is 2. The van der Waals surface area contributed by atoms with Crippen LogP contribution in [0.5, 0.6) is 5.88 Å². The van der Waals surface area contributed by atoms with E-state index in [0.29, 0.717) is 5.88 Å². The van der Waals surface area contributed by atoms with Crippen LogP contribution in [0.25, 0.3) is 11.2 Å². The summed E-state index contributed by atoms with van der Waals surface area (Å²) in [7, 11) is 1.62. The molecule has 0 radical (unpaired) electrons. The Hall–Kier alpha value is -1.66. The Labute approximate surface area is 112 Å². The quantitative estimate of drug-likeness (QED) is 0.860. The van der Waals surface area contributed by atoms with Crippen molar-refractivity contribution in [2.24, 2.45) is 0 Å². The Morgan fingerprint density at radius 2 is 2.05 bits per heavy atom. The predicted octanol–water partition coefficient (Wildman–Crippen LogP) is 0.933. The molecule has 1 unspecified atom stereocenters. The monoisotopic (exact) mass is 261 g/mol. The molecule has 6 heteroatoms. The highest BCUT2D eigenvalue weighted by molar-refractivity contribution is 5.71. The number of nitrogens with one attached hydrogen (secondary N) is 2. The lowest BCUT2D eigenvalue weighted by Crippen LogP contribution is -2.44. The molecule has 3 rings (SSSR count). The number of ether oxygens (including phenoxy) is 1. The van der Waals surface area contributed by atoms with Gasteiger partial charge >= 0.3 is 0 Å². The van der Waals surface area contributed by atoms with Crippen molar-refractivity contribution in [3.63, 3.8) is 0 Å². The first-order chi connectivity index (χ1) is 9.28. The molecule has 0 spiro atoms. The fraction of sp³-hybridized carbons (Fsp3) is 0.538. The molecule has 102 valence electrons. The van der Waals surface area contributed by atoms with Crippen molar-refractivity contribution in [3.8, 4) is 5.88 Å². The third-order valence-corrected chi connectivity index (χ3v) is 3.64. The number of rotatable bonds is 3. The molecule has 1 aliphatic rings. The minimum Gasteiger partial charge on any atom is -0.481 e. The molecule has 0 bridgehead atoms. The Morgan fingerprint density at radius 1 is 1.26 bits per heavy atom. The lowest BCUT2D eigenvalue weighted by atomic mass is 10.2. The maximum absolute atomic E-state index is 5.12. The lowest BCUT2D eigenvalue weighted by Gasteiger charge is -2.31. The molecule has 2 N–H and O–H groups in total. The SMILES string of the molecule is COc1ccc2[nH]c(C(C)N3CCNCC3)nc2n1. The van der Waals surface area contributed by atoms with E-state index in [9.17, 15) is 0 Å². The predicted molar refractivity (Wildman–Crippen MR) is 73.3 cm³/mol. The number of hydrogen-bond acceptors (Lipinski definition) is 5. The van der Waals surface area contributed by atoms with Crippen LogP contribution in [0.1, 0.15) is 18.8 Å². The van der Waals surface area contributed by atoms with Gasteiger partial charge in [0.2, 0.25) is 5.88 Å². The summed E-state index contributed by atoms with van der Waals surface area (Å²) in [6.45, 7) is 6.36. The van der Waals surface area contributed by atoms with Gasteiger partial charge in [0.15, 0.2) is 5.65 Å². The maximum atomic E-state index is 5.12. The number of piperazine rings is 1. The smallest absolute Gasteiger partial charge is 0.215 e. The molecule has 0 amide bonds. The van der Waals surface area contributed by atoms with Crippen LogP contribution in [0, 0.1) is 0 Å². The van der Waals surface area contributed by atoms with Crippen LogP contribution in [-0.2, 0) is 0 Å². The second-order valence-corrected chi connectivity index (χ2v) is 4.81. The van der Waals surface area contributed by atoms with Crippen LogP contribution >= 0.6 is 0 Å². The largest absolute Gasteiger partial charge is 0.481 e. The number of H-pyrrole nitrogens is 1. The number of fused-ring (bicyclic) bond motifs is 1. The summed E-state index contributed by atoms with van der Waals surface area (Å²) in [6, 6.07) is 4.09. The van der Waals surface area contributed by atoms with E-state index in [2.05, 4.69) is 32.1 Å². The van der Waals surface area contributed by atoms with E-state index >= 15 is 0 Å². The number of aromatic nitrogens is 3. The van der Waals surface area contributed by atoms with Crippen molar-refractivity contribution in [2.45, 2.75) is 13.0 Å². The molecule has 19 heavy (non-hydrogen) atoms. The molecule has 3 heterocycles. The van der Waals surface area contributed by atoms with Gasteiger partial charge in [0.05, 0.1) is 18.7 Å². The lowest BCUT2D eigenvalue weighted by molar-refractivity contribution is 0.180. The average Bonchev–Trinajstić information content (AvgIpc) is 2.90. The van der Waals surface area contributed by atoms with E-state index < -0.39 is 0 Å². The van der Waals surface area contributed by atoms with Gasteiger partial charge in [-0.3, -0.25) is 4.90 Å². The van der Waals surface area contributed by atoms with E-state index in [1.54, 1.807) is 7.11 Å². The first-order valence-corrected chi connectivity index (χ1v) is 6.63. The van der Waals surface area contributed by atoms with Gasteiger partial charge in [-0.1, -0.05) is 0 Å². The van der Waals surface area contributed by atoms with Gasteiger partial charge in [-0.05, 0) is 13.0 Å². The van der Waals surface area contributed by atoms with Gasteiger partial charge in [0, 0.05) is 32.2 Å². The standard InChI is InChI=1S/C13H19N5O/c1-9(18-7-5-14-6-8-18)12-15-10-3-4-11(19-2)16-13(10)17-12/h3-4,9,14H,5-8H2,1-2H3,(H,15,16,17). The van der Waals surface area contributed by atoms with Gasteiger partial charge in [0.25, 0.3) is 0 Å². The van der Waals surface area contributed by atoms with Gasteiger partial charge in [-0.2, -0.15) is 4.98 Å². The van der Waals surface area contributed by atoms with Crippen LogP contribution < -0.4 is 10.1 Å². The topological polar surface area (TPSA) is 66.1 Å². The normalized spacial score (nSPS) is 18.6. The Balaban J connectivity index is 1.87. The van der Waals surface area contributed by atoms with E-state index in [1.165, 1.54) is 0 Å². The number of methoxy groups -OCH3 is 1. The first-order valence-electron chi connectivity index (χ1n) is 6.63. The number of aromatic amines is 1. The third kappa shape index (κ3) is 2.41. The molecule has 1 aliphatic heterocycles. The Kier molecular flexibility index (Phi) is 3.35. The van der Waals surface area contributed by atoms with Gasteiger partial charge < -0.3 is 15.0 Å². The van der Waals surface area contributed by atoms with Crippen LogP contribution in [0.15, 0.2) is 12.1 Å². The second kappa shape index (κ2) is 5.14. The van der Waals surface area contributed by atoms with Gasteiger partial charge in [-0.15, -0.1) is 0 Å². The van der Waals surface area contributed by atoms with Gasteiger partial charge in [0.1, 0.15) is 5.82 Å². The minimum absolute atomic E-state index is 0.280. The van der Waals surface area contributed by atoms with Crippen molar-refractivity contribution >= 4 is 11.2 Å². The molecular formula is C13H19N5O. The van der Waals surface area contributed by atoms with E-state index in [4.69, 9.17) is 4.74 Å². The summed E-state index contributed by atoms with van der Waals surface area (Å²) < 4.78 is 5.12. The fourth-order valence-corrected chi connectivity index (χ4v) is 2.45. The van der Waals surface area contributed by atoms with E-state index in [0.717, 1.165) is 43.2 Å². The minimum atomic E-state index is 0.280. The summed E-state index contributed by atoms with van der Waals surface area (Å²) in [5, 5.41) is 3.36. The Morgan fingerprint density at radius 3 is 2.79 bits per heavy atom. The zero-order chi connectivity index (χ0) is 13.2. The van der Waals surface area contributed by atoms with Gasteiger partial charge in [-0.25, -0.2) is 4.98 Å². The van der Waals surface area contributed by atoms with Crippen LogP contribution in [0.2, 0.25) is 0 Å². The third-order valence-electron chi connectivity index (χ3n) is 3.64. The molecule has 0 aromatic carbocycles. The van der Waals surface area contributed by atoms with Crippen LogP contribution in [0.3, 0.4) is 0 Å². The fourth-order valence-electron chi connectivity index (χ4n) is 2.45. The zero-order valence-corrected chi connectivity index (χ0v) is 11.3. The van der Waals surface area contributed by atoms with Crippen LogP contribution in [-0.4, -0.2) is 53.1 Å². The van der Waals surface area contributed by atoms with E-state index in [-0.39, 0.29) is 6.04 Å². The summed E-state index contributed by atoms with van der Waals surface area (Å²) >= 11 is 0. The van der Waals surface area contributed by atoms with Crippen molar-refractivity contribution in [1.82, 2.24) is 25.2 Å². The first kappa shape index (κ1) is 12.4. The summed E-state index contributed by atoms with van der Waals surface area (Å²) in [6.07, 6.45) is 0. The molecule has 2 aromatic heterocycles. The number of imidazole rings is 1. The second-order valence-electron chi connectivity index (χ2n) is 4.81. The maximum Gasteiger partial charge on any atom is 0.215 e. The zero-order valence-electron chi connectivity index (χ0n) is 11.3. The molecule has 6 nitrogen and oxygen atoms in total. The van der Waals surface area contributed by atoms with E-state index in [1.807, 2.05) is 12.1 Å². The van der Waals surface area contributed by atoms with Crippen molar-refractivity contribution in [2.75, 3.05) is 33.3 Å². The highest BCUT2D eigenvalue weighted by Crippen LogP contribution is 2.21. The summed E-state index contributed by atoms with van der Waals surface area (Å²) in [5.41, 5.74) is 1.68. The Bertz CT molecular complexity index is 561. The van der Waals surface area contributed by atoms with Crippen molar-refractivity contribution in [1.29, 1.82) is 0 Å². The molecule has 0 aliphatic carbocycles. The number of pyridine rings is 1. The van der Waals surface area contributed by atoms with Crippen molar-refractivity contribution < 1.29 is 4.74 Å². The molecular weight excluding hydrogens is 242 g/mol. The average molecular weight is 261 g/mol. The molecule has 1 fully saturated rings. The molecule has 1 atom stereocenters. The number of nitrogens with zero attached hydrogens (tertiary/aromatic N) is 3. The highest BCUT2D eigenvalue weighted by Gasteiger charge is 2.20. The molecule has 1 saturated heterocycles. The molecule has 2 aromatic rings. The van der Waals surface area contributed by atoms with Crippen molar-refractivity contribution in [3.05, 3.63) is 18.0 Å². The summed E-state index contributed by atoms with van der Waals surface area (Å²) in [5.74, 6) is 1.57. The highest BCUT2D eigenvalue weighted by atomic mass is 16.5. The molecule has 0 saturated carbocycles. The summed E-state index contributed by atoms with van der Waals surface area (Å²) in [4.78, 5) is 14.7. The van der Waals surface area contributed by atoms with Crippen LogP contribution in [0.4, 0.5) is 0 Å².